The molecule has 0 fully saturated rings. The van der Waals surface area contributed by atoms with Gasteiger partial charge in [0.15, 0.2) is 18.3 Å². The smallest absolute Gasteiger partial charge is 0.306 e. The Hall–Kier alpha value is -3.41. The van der Waals surface area contributed by atoms with Crippen LogP contribution in [0.4, 0.5) is 5.69 Å². The Bertz CT molecular complexity index is 943. The number of nitrogens with one attached hydrogen (secondary N) is 1. The lowest BCUT2D eigenvalue weighted by atomic mass is 10.1. The van der Waals surface area contributed by atoms with E-state index >= 15 is 0 Å². The van der Waals surface area contributed by atoms with Crippen LogP contribution in [0, 0.1) is 13.8 Å². The fourth-order valence-electron chi connectivity index (χ4n) is 2.54. The van der Waals surface area contributed by atoms with Crippen LogP contribution in [-0.2, 0) is 20.7 Å². The maximum absolute atomic E-state index is 11.9. The van der Waals surface area contributed by atoms with Crippen LogP contribution in [0.5, 0.6) is 0 Å². The summed E-state index contributed by atoms with van der Waals surface area (Å²) in [6.07, 6.45) is 2.04. The van der Waals surface area contributed by atoms with E-state index in [0.717, 1.165) is 16.7 Å². The minimum absolute atomic E-state index is 0.0890. The molecule has 144 valence electrons. The van der Waals surface area contributed by atoms with Crippen molar-refractivity contribution in [2.45, 2.75) is 26.7 Å². The Morgan fingerprint density at radius 2 is 1.64 bits per heavy atom. The van der Waals surface area contributed by atoms with Gasteiger partial charge in [-0.25, -0.2) is 4.98 Å². The number of aromatic nitrogens is 1. The molecule has 0 aliphatic carbocycles. The van der Waals surface area contributed by atoms with Crippen molar-refractivity contribution in [3.63, 3.8) is 0 Å². The number of anilines is 1. The van der Waals surface area contributed by atoms with Gasteiger partial charge in [0.25, 0.3) is 5.91 Å². The van der Waals surface area contributed by atoms with Crippen molar-refractivity contribution < 1.29 is 18.7 Å². The molecular formula is C22H22N2O4. The summed E-state index contributed by atoms with van der Waals surface area (Å²) in [6.45, 7) is 3.65. The first-order valence-electron chi connectivity index (χ1n) is 9.03. The number of carbonyl (C=O) groups is 2. The Morgan fingerprint density at radius 1 is 1.00 bits per heavy atom. The van der Waals surface area contributed by atoms with E-state index in [1.807, 2.05) is 50.2 Å². The molecule has 1 heterocycles. The van der Waals surface area contributed by atoms with E-state index in [0.29, 0.717) is 23.8 Å². The predicted octanol–water partition coefficient (Wildman–Crippen LogP) is 4.07. The van der Waals surface area contributed by atoms with E-state index in [9.17, 15) is 9.59 Å². The van der Waals surface area contributed by atoms with Crippen molar-refractivity contribution in [3.8, 4) is 11.3 Å². The van der Waals surface area contributed by atoms with Crippen LogP contribution in [0.25, 0.3) is 11.3 Å². The standard InChI is InChI=1S/C22H22N2O4/c1-15-3-7-17(8-4-15)19-13-23-21(28-19)11-12-22(26)27-14-20(25)24-18-9-5-16(2)6-10-18/h3-10,13H,11-12,14H2,1-2H3,(H,24,25). The summed E-state index contributed by atoms with van der Waals surface area (Å²) in [5, 5.41) is 2.68. The highest BCUT2D eigenvalue weighted by Gasteiger charge is 2.11. The number of hydrogen-bond donors (Lipinski definition) is 1. The highest BCUT2D eigenvalue weighted by Crippen LogP contribution is 2.21. The summed E-state index contributed by atoms with van der Waals surface area (Å²) in [5.41, 5.74) is 3.86. The number of aryl methyl sites for hydroxylation is 3. The molecule has 0 spiro atoms. The second-order valence-electron chi connectivity index (χ2n) is 6.56. The first-order valence-corrected chi connectivity index (χ1v) is 9.03. The van der Waals surface area contributed by atoms with Crippen molar-refractivity contribution in [2.75, 3.05) is 11.9 Å². The molecular weight excluding hydrogens is 356 g/mol. The maximum Gasteiger partial charge on any atom is 0.306 e. The van der Waals surface area contributed by atoms with Crippen LogP contribution in [0.2, 0.25) is 0 Å². The van der Waals surface area contributed by atoms with Crippen molar-refractivity contribution in [1.82, 2.24) is 4.98 Å². The first kappa shape index (κ1) is 19.4. The molecule has 28 heavy (non-hydrogen) atoms. The average Bonchev–Trinajstić information content (AvgIpc) is 3.16. The van der Waals surface area contributed by atoms with Gasteiger partial charge in [-0.05, 0) is 26.0 Å². The normalized spacial score (nSPS) is 10.5. The number of amides is 1. The third-order valence-electron chi connectivity index (χ3n) is 4.13. The zero-order valence-electron chi connectivity index (χ0n) is 15.9. The van der Waals surface area contributed by atoms with Crippen molar-refractivity contribution >= 4 is 17.6 Å². The van der Waals surface area contributed by atoms with Gasteiger partial charge < -0.3 is 14.5 Å². The largest absolute Gasteiger partial charge is 0.456 e. The monoisotopic (exact) mass is 378 g/mol. The van der Waals surface area contributed by atoms with Gasteiger partial charge in [0.2, 0.25) is 0 Å². The van der Waals surface area contributed by atoms with Gasteiger partial charge in [0, 0.05) is 17.7 Å². The summed E-state index contributed by atoms with van der Waals surface area (Å²) >= 11 is 0. The third-order valence-corrected chi connectivity index (χ3v) is 4.13. The summed E-state index contributed by atoms with van der Waals surface area (Å²) in [6, 6.07) is 15.3. The van der Waals surface area contributed by atoms with Crippen LogP contribution in [0.15, 0.2) is 59.1 Å². The molecule has 1 amide bonds. The van der Waals surface area contributed by atoms with Crippen LogP contribution in [-0.4, -0.2) is 23.5 Å². The quantitative estimate of drug-likeness (QED) is 0.627. The highest BCUT2D eigenvalue weighted by molar-refractivity contribution is 5.92. The number of carbonyl (C=O) groups excluding carboxylic acids is 2. The second kappa shape index (κ2) is 8.99. The van der Waals surface area contributed by atoms with Crippen LogP contribution in [0.3, 0.4) is 0 Å². The molecule has 6 nitrogen and oxygen atoms in total. The summed E-state index contributed by atoms with van der Waals surface area (Å²) in [7, 11) is 0. The number of rotatable bonds is 7. The molecule has 0 radical (unpaired) electrons. The number of benzene rings is 2. The summed E-state index contributed by atoms with van der Waals surface area (Å²) in [5.74, 6) is 0.251. The summed E-state index contributed by atoms with van der Waals surface area (Å²) in [4.78, 5) is 27.9. The molecule has 6 heteroatoms. The molecule has 0 aliphatic rings. The van der Waals surface area contributed by atoms with Gasteiger partial charge in [-0.3, -0.25) is 9.59 Å². The molecule has 0 bridgehead atoms. The van der Waals surface area contributed by atoms with Crippen molar-refractivity contribution in [3.05, 3.63) is 71.7 Å². The molecule has 0 saturated heterocycles. The van der Waals surface area contributed by atoms with E-state index in [4.69, 9.17) is 9.15 Å². The molecule has 0 unspecified atom stereocenters. The van der Waals surface area contributed by atoms with Crippen molar-refractivity contribution in [2.24, 2.45) is 0 Å². The molecule has 0 aliphatic heterocycles. The van der Waals surface area contributed by atoms with E-state index in [1.165, 1.54) is 0 Å². The van der Waals surface area contributed by atoms with Gasteiger partial charge in [-0.15, -0.1) is 0 Å². The van der Waals surface area contributed by atoms with Gasteiger partial charge in [-0.2, -0.15) is 0 Å². The molecule has 1 aromatic heterocycles. The zero-order chi connectivity index (χ0) is 19.9. The molecule has 0 atom stereocenters. The number of esters is 1. The van der Waals surface area contributed by atoms with Crippen LogP contribution < -0.4 is 5.32 Å². The van der Waals surface area contributed by atoms with E-state index in [1.54, 1.807) is 18.3 Å². The van der Waals surface area contributed by atoms with Crippen molar-refractivity contribution in [1.29, 1.82) is 0 Å². The van der Waals surface area contributed by atoms with E-state index < -0.39 is 5.97 Å². The average molecular weight is 378 g/mol. The second-order valence-corrected chi connectivity index (χ2v) is 6.56. The fraction of sp³-hybridized carbons (Fsp3) is 0.227. The lowest BCUT2D eigenvalue weighted by molar-refractivity contribution is -0.147. The summed E-state index contributed by atoms with van der Waals surface area (Å²) < 4.78 is 10.7. The topological polar surface area (TPSA) is 81.4 Å². The highest BCUT2D eigenvalue weighted by atomic mass is 16.5. The molecule has 3 rings (SSSR count). The van der Waals surface area contributed by atoms with Crippen LogP contribution in [0.1, 0.15) is 23.4 Å². The molecule has 3 aromatic rings. The van der Waals surface area contributed by atoms with Gasteiger partial charge in [0.05, 0.1) is 12.6 Å². The first-order chi connectivity index (χ1) is 13.5. The molecule has 1 N–H and O–H groups in total. The minimum atomic E-state index is -0.478. The van der Waals surface area contributed by atoms with Crippen LogP contribution >= 0.6 is 0 Å². The fourth-order valence-corrected chi connectivity index (χ4v) is 2.54. The number of hydrogen-bond acceptors (Lipinski definition) is 5. The zero-order valence-corrected chi connectivity index (χ0v) is 15.9. The van der Waals surface area contributed by atoms with E-state index in [2.05, 4.69) is 10.3 Å². The number of oxazole rings is 1. The predicted molar refractivity (Wildman–Crippen MR) is 106 cm³/mol. The minimum Gasteiger partial charge on any atom is -0.456 e. The SMILES string of the molecule is Cc1ccc(NC(=O)COC(=O)CCc2ncc(-c3ccc(C)cc3)o2)cc1. The lowest BCUT2D eigenvalue weighted by Gasteiger charge is -2.06. The maximum atomic E-state index is 11.9. The Balaban J connectivity index is 1.42. The Kier molecular flexibility index (Phi) is 6.22. The van der Waals surface area contributed by atoms with E-state index in [-0.39, 0.29) is 18.9 Å². The Morgan fingerprint density at radius 3 is 2.32 bits per heavy atom. The third kappa shape index (κ3) is 5.54. The van der Waals surface area contributed by atoms with Gasteiger partial charge in [-0.1, -0.05) is 47.5 Å². The Labute approximate surface area is 163 Å². The molecule has 0 saturated carbocycles. The number of ether oxygens (including phenoxy) is 1. The number of nitrogens with zero attached hydrogens (tertiary/aromatic N) is 1. The van der Waals surface area contributed by atoms with Gasteiger partial charge in [0.1, 0.15) is 0 Å². The van der Waals surface area contributed by atoms with Gasteiger partial charge >= 0.3 is 5.97 Å². The molecule has 2 aromatic carbocycles. The lowest BCUT2D eigenvalue weighted by Crippen LogP contribution is -2.21.